The molecule has 0 saturated carbocycles. The summed E-state index contributed by atoms with van der Waals surface area (Å²) in [6.45, 7) is 7.83. The van der Waals surface area contributed by atoms with Gasteiger partial charge in [-0.25, -0.2) is 17.5 Å². The molecule has 0 atom stereocenters. The second-order valence-electron chi connectivity index (χ2n) is 8.37. The van der Waals surface area contributed by atoms with Crippen LogP contribution in [0.4, 0.5) is 4.79 Å². The molecule has 2 fully saturated rings. The minimum Gasteiger partial charge on any atom is -0.468 e. The van der Waals surface area contributed by atoms with E-state index in [0.717, 1.165) is 25.7 Å². The zero-order valence-corrected chi connectivity index (χ0v) is 17.6. The Balaban J connectivity index is 1.79. The van der Waals surface area contributed by atoms with Gasteiger partial charge in [-0.15, -0.1) is 0 Å². The third-order valence-electron chi connectivity index (χ3n) is 5.28. The van der Waals surface area contributed by atoms with Crippen molar-refractivity contribution in [3.05, 3.63) is 0 Å². The highest BCUT2D eigenvalue weighted by molar-refractivity contribution is 7.89. The Morgan fingerprint density at radius 3 is 1.89 bits per heavy atom. The lowest BCUT2D eigenvalue weighted by atomic mass is 9.79. The van der Waals surface area contributed by atoms with Crippen LogP contribution in [0.25, 0.3) is 0 Å². The first-order chi connectivity index (χ1) is 12.5. The predicted molar refractivity (Wildman–Crippen MR) is 101 cm³/mol. The molecular formula is C18H32N2O6S. The summed E-state index contributed by atoms with van der Waals surface area (Å²) >= 11 is 0. The summed E-state index contributed by atoms with van der Waals surface area (Å²) in [5, 5.41) is 0. The standard InChI is InChI=1S/C18H32N2O6S/c1-18(2,3)26-17(22)19-9-5-14(6-10-19)15-7-11-20(12-8-15)27(23,24)13-16(21)25-4/h14-15H,5-13H2,1-4H3. The number of amides is 1. The number of esters is 1. The maximum absolute atomic E-state index is 12.2. The molecule has 0 unspecified atom stereocenters. The molecule has 1 amide bonds. The van der Waals surface area contributed by atoms with E-state index in [1.54, 1.807) is 4.90 Å². The van der Waals surface area contributed by atoms with Crippen LogP contribution in [-0.4, -0.2) is 74.3 Å². The van der Waals surface area contributed by atoms with E-state index < -0.39 is 27.3 Å². The molecule has 27 heavy (non-hydrogen) atoms. The zero-order valence-electron chi connectivity index (χ0n) is 16.8. The Bertz CT molecular complexity index is 627. The van der Waals surface area contributed by atoms with Crippen LogP contribution in [-0.2, 0) is 24.3 Å². The van der Waals surface area contributed by atoms with E-state index in [2.05, 4.69) is 4.74 Å². The Kier molecular flexibility index (Phi) is 7.13. The lowest BCUT2D eigenvalue weighted by molar-refractivity contribution is -0.137. The number of hydrogen-bond donors (Lipinski definition) is 0. The summed E-state index contributed by atoms with van der Waals surface area (Å²) < 4.78 is 35.8. The van der Waals surface area contributed by atoms with E-state index in [-0.39, 0.29) is 6.09 Å². The molecule has 0 aromatic carbocycles. The van der Waals surface area contributed by atoms with Crippen molar-refractivity contribution in [1.29, 1.82) is 0 Å². The number of methoxy groups -OCH3 is 1. The monoisotopic (exact) mass is 404 g/mol. The average molecular weight is 405 g/mol. The highest BCUT2D eigenvalue weighted by Gasteiger charge is 2.35. The molecule has 2 rings (SSSR count). The van der Waals surface area contributed by atoms with Crippen LogP contribution in [0.5, 0.6) is 0 Å². The van der Waals surface area contributed by atoms with E-state index in [0.29, 0.717) is 38.0 Å². The van der Waals surface area contributed by atoms with Gasteiger partial charge in [-0.1, -0.05) is 0 Å². The summed E-state index contributed by atoms with van der Waals surface area (Å²) in [5.74, 6) is -0.376. The van der Waals surface area contributed by atoms with Crippen molar-refractivity contribution < 1.29 is 27.5 Å². The molecule has 2 saturated heterocycles. The van der Waals surface area contributed by atoms with Crippen molar-refractivity contribution in [3.63, 3.8) is 0 Å². The highest BCUT2D eigenvalue weighted by Crippen LogP contribution is 2.33. The van der Waals surface area contributed by atoms with Gasteiger partial charge in [0.2, 0.25) is 10.0 Å². The smallest absolute Gasteiger partial charge is 0.410 e. The second-order valence-corrected chi connectivity index (χ2v) is 10.3. The summed E-state index contributed by atoms with van der Waals surface area (Å²) in [6.07, 6.45) is 3.15. The van der Waals surface area contributed by atoms with Crippen LogP contribution in [0.3, 0.4) is 0 Å². The summed E-state index contributed by atoms with van der Waals surface area (Å²) in [5.41, 5.74) is -0.490. The number of hydrogen-bond acceptors (Lipinski definition) is 6. The largest absolute Gasteiger partial charge is 0.468 e. The third-order valence-corrected chi connectivity index (χ3v) is 7.03. The molecule has 0 radical (unpaired) electrons. The van der Waals surface area contributed by atoms with Gasteiger partial charge in [0.15, 0.2) is 5.75 Å². The van der Waals surface area contributed by atoms with Crippen molar-refractivity contribution in [3.8, 4) is 0 Å². The maximum atomic E-state index is 12.2. The van der Waals surface area contributed by atoms with Crippen molar-refractivity contribution in [2.45, 2.75) is 52.1 Å². The number of rotatable bonds is 4. The third kappa shape index (κ3) is 6.34. The van der Waals surface area contributed by atoms with E-state index in [4.69, 9.17) is 4.74 Å². The van der Waals surface area contributed by atoms with Gasteiger partial charge in [-0.05, 0) is 58.3 Å². The van der Waals surface area contributed by atoms with Crippen molar-refractivity contribution >= 4 is 22.1 Å². The highest BCUT2D eigenvalue weighted by atomic mass is 32.2. The van der Waals surface area contributed by atoms with E-state index in [1.165, 1.54) is 11.4 Å². The van der Waals surface area contributed by atoms with Crippen LogP contribution in [0.15, 0.2) is 0 Å². The molecular weight excluding hydrogens is 372 g/mol. The van der Waals surface area contributed by atoms with Crippen molar-refractivity contribution in [2.75, 3.05) is 39.0 Å². The van der Waals surface area contributed by atoms with E-state index in [9.17, 15) is 18.0 Å². The lowest BCUT2D eigenvalue weighted by Gasteiger charge is -2.40. The first-order valence-electron chi connectivity index (χ1n) is 9.54. The van der Waals surface area contributed by atoms with Gasteiger partial charge in [-0.3, -0.25) is 4.79 Å². The fraction of sp³-hybridized carbons (Fsp3) is 0.889. The predicted octanol–water partition coefficient (Wildman–Crippen LogP) is 1.85. The molecule has 0 bridgehead atoms. The van der Waals surface area contributed by atoms with Gasteiger partial charge in [0.25, 0.3) is 0 Å². The van der Waals surface area contributed by atoms with Gasteiger partial charge in [0.05, 0.1) is 7.11 Å². The molecule has 0 aliphatic carbocycles. The van der Waals surface area contributed by atoms with Crippen LogP contribution in [0.2, 0.25) is 0 Å². The minimum atomic E-state index is -3.60. The Morgan fingerprint density at radius 1 is 0.963 bits per heavy atom. The molecule has 0 N–H and O–H groups in total. The maximum Gasteiger partial charge on any atom is 0.410 e. The van der Waals surface area contributed by atoms with Gasteiger partial charge >= 0.3 is 12.1 Å². The Hall–Kier alpha value is -1.35. The molecule has 2 heterocycles. The number of piperidine rings is 2. The van der Waals surface area contributed by atoms with Gasteiger partial charge in [0.1, 0.15) is 5.60 Å². The van der Waals surface area contributed by atoms with Crippen molar-refractivity contribution in [2.24, 2.45) is 11.8 Å². The van der Waals surface area contributed by atoms with E-state index in [1.807, 2.05) is 20.8 Å². The fourth-order valence-electron chi connectivity index (χ4n) is 3.80. The molecule has 0 aromatic heterocycles. The van der Waals surface area contributed by atoms with Gasteiger partial charge < -0.3 is 14.4 Å². The summed E-state index contributed by atoms with van der Waals surface area (Å²) in [4.78, 5) is 25.2. The number of sulfonamides is 1. The van der Waals surface area contributed by atoms with Gasteiger partial charge in [-0.2, -0.15) is 0 Å². The summed E-state index contributed by atoms with van der Waals surface area (Å²) in [6, 6.07) is 0. The number of nitrogens with zero attached hydrogens (tertiary/aromatic N) is 2. The topological polar surface area (TPSA) is 93.2 Å². The minimum absolute atomic E-state index is 0.260. The average Bonchev–Trinajstić information content (AvgIpc) is 2.60. The zero-order chi connectivity index (χ0) is 20.2. The second kappa shape index (κ2) is 8.77. The molecule has 0 spiro atoms. The molecule has 8 nitrogen and oxygen atoms in total. The molecule has 0 aromatic rings. The van der Waals surface area contributed by atoms with Crippen LogP contribution in [0.1, 0.15) is 46.5 Å². The Morgan fingerprint density at radius 2 is 1.44 bits per heavy atom. The number of ether oxygens (including phenoxy) is 2. The molecule has 9 heteroatoms. The van der Waals surface area contributed by atoms with Crippen LogP contribution < -0.4 is 0 Å². The first-order valence-corrected chi connectivity index (χ1v) is 11.2. The van der Waals surface area contributed by atoms with Crippen LogP contribution in [0, 0.1) is 11.8 Å². The molecule has 2 aliphatic heterocycles. The lowest BCUT2D eigenvalue weighted by Crippen LogP contribution is -2.46. The summed E-state index contributed by atoms with van der Waals surface area (Å²) in [7, 11) is -2.41. The normalized spacial score (nSPS) is 21.1. The van der Waals surface area contributed by atoms with Crippen molar-refractivity contribution in [1.82, 2.24) is 9.21 Å². The quantitative estimate of drug-likeness (QED) is 0.664. The van der Waals surface area contributed by atoms with Crippen LogP contribution >= 0.6 is 0 Å². The van der Waals surface area contributed by atoms with E-state index >= 15 is 0 Å². The molecule has 2 aliphatic rings. The first kappa shape index (κ1) is 21.9. The fourth-order valence-corrected chi connectivity index (χ4v) is 5.17. The van der Waals surface area contributed by atoms with Gasteiger partial charge in [0, 0.05) is 26.2 Å². The number of carbonyl (C=O) groups excluding carboxylic acids is 2. The SMILES string of the molecule is COC(=O)CS(=O)(=O)N1CCC(C2CCN(C(=O)OC(C)(C)C)CC2)CC1. The molecule has 156 valence electrons. The Labute approximate surface area is 162 Å². The number of carbonyl (C=O) groups is 2. The number of likely N-dealkylation sites (tertiary alicyclic amines) is 1.